The standard InChI is InChI=1S/C24H32ClFN4O4S/c1-6-17(2)27-24(32)18(3)29(15-19-11-13-20(25)14-12-19)23(31)16-30(35(33,34)28(4)5)22-10-8-7-9-21(22)26/h7-14,17-18H,6,15-16H2,1-5H3,(H,27,32). The number of hydrogen-bond acceptors (Lipinski definition) is 4. The fraction of sp³-hybridized carbons (Fsp3) is 0.417. The van der Waals surface area contributed by atoms with Gasteiger partial charge in [-0.15, -0.1) is 0 Å². The number of rotatable bonds is 11. The molecule has 0 aliphatic carbocycles. The lowest BCUT2D eigenvalue weighted by Crippen LogP contribution is -2.53. The van der Waals surface area contributed by atoms with Gasteiger partial charge in [-0.2, -0.15) is 12.7 Å². The Balaban J connectivity index is 2.46. The maximum Gasteiger partial charge on any atom is 0.304 e. The summed E-state index contributed by atoms with van der Waals surface area (Å²) in [6.45, 7) is 4.66. The third kappa shape index (κ3) is 7.39. The molecule has 0 aliphatic heterocycles. The molecule has 2 aromatic rings. The number of benzene rings is 2. The number of carbonyl (C=O) groups is 2. The van der Waals surface area contributed by atoms with Crippen LogP contribution in [0.3, 0.4) is 0 Å². The van der Waals surface area contributed by atoms with E-state index in [-0.39, 0.29) is 24.2 Å². The fourth-order valence-electron chi connectivity index (χ4n) is 3.19. The van der Waals surface area contributed by atoms with Crippen LogP contribution in [0.25, 0.3) is 0 Å². The predicted molar refractivity (Wildman–Crippen MR) is 136 cm³/mol. The third-order valence-electron chi connectivity index (χ3n) is 5.57. The molecule has 0 fully saturated rings. The van der Waals surface area contributed by atoms with E-state index in [1.807, 2.05) is 13.8 Å². The number of anilines is 1. The van der Waals surface area contributed by atoms with Crippen molar-refractivity contribution in [1.29, 1.82) is 0 Å². The number of amides is 2. The van der Waals surface area contributed by atoms with E-state index in [1.165, 1.54) is 37.2 Å². The van der Waals surface area contributed by atoms with Crippen LogP contribution in [0.4, 0.5) is 10.1 Å². The van der Waals surface area contributed by atoms with Gasteiger partial charge in [0.25, 0.3) is 0 Å². The van der Waals surface area contributed by atoms with Crippen molar-refractivity contribution in [3.8, 4) is 0 Å². The Hall–Kier alpha value is -2.69. The lowest BCUT2D eigenvalue weighted by molar-refractivity contribution is -0.139. The van der Waals surface area contributed by atoms with E-state index in [2.05, 4.69) is 5.32 Å². The number of nitrogens with zero attached hydrogens (tertiary/aromatic N) is 3. The number of carbonyl (C=O) groups excluding carboxylic acids is 2. The van der Waals surface area contributed by atoms with Crippen molar-refractivity contribution in [3.63, 3.8) is 0 Å². The highest BCUT2D eigenvalue weighted by molar-refractivity contribution is 7.90. The summed E-state index contributed by atoms with van der Waals surface area (Å²) in [5.41, 5.74) is 0.427. The van der Waals surface area contributed by atoms with E-state index < -0.39 is 34.5 Å². The van der Waals surface area contributed by atoms with Crippen LogP contribution in [-0.2, 0) is 26.3 Å². The van der Waals surface area contributed by atoms with E-state index in [4.69, 9.17) is 11.6 Å². The molecule has 2 rings (SSSR count). The molecule has 35 heavy (non-hydrogen) atoms. The van der Waals surface area contributed by atoms with E-state index in [0.29, 0.717) is 21.3 Å². The first-order chi connectivity index (χ1) is 16.4. The molecule has 0 saturated carbocycles. The molecule has 0 aliphatic rings. The van der Waals surface area contributed by atoms with Crippen LogP contribution < -0.4 is 9.62 Å². The minimum absolute atomic E-state index is 0.0260. The summed E-state index contributed by atoms with van der Waals surface area (Å²) in [4.78, 5) is 27.7. The zero-order chi connectivity index (χ0) is 26.3. The van der Waals surface area contributed by atoms with Crippen LogP contribution in [0.15, 0.2) is 48.5 Å². The Morgan fingerprint density at radius 2 is 1.66 bits per heavy atom. The smallest absolute Gasteiger partial charge is 0.304 e. The molecule has 2 unspecified atom stereocenters. The largest absolute Gasteiger partial charge is 0.352 e. The molecule has 2 aromatic carbocycles. The highest BCUT2D eigenvalue weighted by Crippen LogP contribution is 2.24. The minimum Gasteiger partial charge on any atom is -0.352 e. The van der Waals surface area contributed by atoms with Crippen molar-refractivity contribution in [3.05, 3.63) is 64.9 Å². The average molecular weight is 527 g/mol. The molecular formula is C24H32ClFN4O4S. The summed E-state index contributed by atoms with van der Waals surface area (Å²) < 4.78 is 42.3. The maximum absolute atomic E-state index is 14.6. The summed E-state index contributed by atoms with van der Waals surface area (Å²) in [6, 6.07) is 11.0. The van der Waals surface area contributed by atoms with Gasteiger partial charge >= 0.3 is 10.2 Å². The summed E-state index contributed by atoms with van der Waals surface area (Å²) >= 11 is 5.97. The van der Waals surface area contributed by atoms with E-state index in [1.54, 1.807) is 31.2 Å². The van der Waals surface area contributed by atoms with Gasteiger partial charge in [-0.1, -0.05) is 42.8 Å². The molecule has 192 valence electrons. The predicted octanol–water partition coefficient (Wildman–Crippen LogP) is 3.42. The number of hydrogen-bond donors (Lipinski definition) is 1. The molecule has 8 nitrogen and oxygen atoms in total. The van der Waals surface area contributed by atoms with Gasteiger partial charge in [0.1, 0.15) is 18.4 Å². The Bertz CT molecular complexity index is 1130. The molecule has 0 spiro atoms. The molecule has 11 heteroatoms. The van der Waals surface area contributed by atoms with Gasteiger partial charge in [-0.05, 0) is 50.1 Å². The fourth-order valence-corrected chi connectivity index (χ4v) is 4.38. The molecule has 0 saturated heterocycles. The van der Waals surface area contributed by atoms with Gasteiger partial charge in [-0.25, -0.2) is 8.70 Å². The average Bonchev–Trinajstić information content (AvgIpc) is 2.81. The summed E-state index contributed by atoms with van der Waals surface area (Å²) in [6.07, 6.45) is 0.700. The van der Waals surface area contributed by atoms with Gasteiger partial charge in [0, 0.05) is 31.7 Å². The van der Waals surface area contributed by atoms with E-state index >= 15 is 0 Å². The Morgan fingerprint density at radius 1 is 1.06 bits per heavy atom. The van der Waals surface area contributed by atoms with Crippen LogP contribution in [0, 0.1) is 5.82 Å². The van der Waals surface area contributed by atoms with Crippen LogP contribution in [0.1, 0.15) is 32.8 Å². The second-order valence-electron chi connectivity index (χ2n) is 8.39. The maximum atomic E-state index is 14.6. The quantitative estimate of drug-likeness (QED) is 0.486. The van der Waals surface area contributed by atoms with Gasteiger partial charge in [0.2, 0.25) is 11.8 Å². The van der Waals surface area contributed by atoms with Crippen LogP contribution in [0.2, 0.25) is 5.02 Å². The summed E-state index contributed by atoms with van der Waals surface area (Å²) in [7, 11) is -1.64. The van der Waals surface area contributed by atoms with Gasteiger partial charge in [0.05, 0.1) is 5.69 Å². The first kappa shape index (κ1) is 28.5. The van der Waals surface area contributed by atoms with Gasteiger partial charge in [-0.3, -0.25) is 9.59 Å². The SMILES string of the molecule is CCC(C)NC(=O)C(C)N(Cc1ccc(Cl)cc1)C(=O)CN(c1ccccc1F)S(=O)(=O)N(C)C. The van der Waals surface area contributed by atoms with Crippen LogP contribution in [-0.4, -0.2) is 62.2 Å². The topological polar surface area (TPSA) is 90.0 Å². The molecular weight excluding hydrogens is 495 g/mol. The second kappa shape index (κ2) is 12.3. The normalized spacial score (nSPS) is 13.3. The Morgan fingerprint density at radius 3 is 2.20 bits per heavy atom. The summed E-state index contributed by atoms with van der Waals surface area (Å²) in [5, 5.41) is 3.36. The lowest BCUT2D eigenvalue weighted by Gasteiger charge is -2.33. The van der Waals surface area contributed by atoms with Crippen molar-refractivity contribution >= 4 is 39.3 Å². The number of nitrogens with one attached hydrogen (secondary N) is 1. The van der Waals surface area contributed by atoms with Crippen molar-refractivity contribution in [2.24, 2.45) is 0 Å². The van der Waals surface area contributed by atoms with Gasteiger partial charge in [0.15, 0.2) is 0 Å². The van der Waals surface area contributed by atoms with E-state index in [9.17, 15) is 22.4 Å². The van der Waals surface area contributed by atoms with Crippen molar-refractivity contribution in [2.45, 2.75) is 45.8 Å². The van der Waals surface area contributed by atoms with Crippen molar-refractivity contribution in [1.82, 2.24) is 14.5 Å². The molecule has 2 amide bonds. The second-order valence-corrected chi connectivity index (χ2v) is 10.9. The first-order valence-corrected chi connectivity index (χ1v) is 12.9. The number of para-hydroxylation sites is 1. The monoisotopic (exact) mass is 526 g/mol. The van der Waals surface area contributed by atoms with Crippen molar-refractivity contribution in [2.75, 3.05) is 24.9 Å². The Kier molecular flexibility index (Phi) is 10.1. The van der Waals surface area contributed by atoms with Crippen LogP contribution >= 0.6 is 11.6 Å². The van der Waals surface area contributed by atoms with E-state index in [0.717, 1.165) is 10.4 Å². The zero-order valence-corrected chi connectivity index (χ0v) is 22.1. The highest BCUT2D eigenvalue weighted by atomic mass is 35.5. The van der Waals surface area contributed by atoms with Gasteiger partial charge < -0.3 is 10.2 Å². The molecule has 0 aromatic heterocycles. The minimum atomic E-state index is -4.23. The highest BCUT2D eigenvalue weighted by Gasteiger charge is 2.33. The Labute approximate surface area is 211 Å². The molecule has 0 heterocycles. The first-order valence-electron chi connectivity index (χ1n) is 11.2. The number of halogens is 2. The molecule has 2 atom stereocenters. The summed E-state index contributed by atoms with van der Waals surface area (Å²) in [5.74, 6) is -1.84. The molecule has 0 bridgehead atoms. The molecule has 0 radical (unpaired) electrons. The van der Waals surface area contributed by atoms with Crippen molar-refractivity contribution < 1.29 is 22.4 Å². The molecule has 1 N–H and O–H groups in total. The third-order valence-corrected chi connectivity index (χ3v) is 7.63. The van der Waals surface area contributed by atoms with Crippen LogP contribution in [0.5, 0.6) is 0 Å². The zero-order valence-electron chi connectivity index (χ0n) is 20.5. The lowest BCUT2D eigenvalue weighted by atomic mass is 10.1.